The van der Waals surface area contributed by atoms with Gasteiger partial charge in [-0.15, -0.1) is 0 Å². The molecule has 0 aliphatic rings. The highest BCUT2D eigenvalue weighted by Gasteiger charge is 2.17. The summed E-state index contributed by atoms with van der Waals surface area (Å²) < 4.78 is 1.79. The lowest BCUT2D eigenvalue weighted by atomic mass is 10.1. The Hall–Kier alpha value is -2.97. The van der Waals surface area contributed by atoms with Gasteiger partial charge >= 0.3 is 0 Å². The number of aromatic nitrogens is 6. The average molecular weight is 328 g/mol. The third-order valence-corrected chi connectivity index (χ3v) is 4.06. The number of fused-ring (bicyclic) bond motifs is 1. The van der Waals surface area contributed by atoms with Crippen LogP contribution in [-0.2, 0) is 11.8 Å². The smallest absolute Gasteiger partial charge is 0.240 e. The first-order valence-corrected chi connectivity index (χ1v) is 7.60. The van der Waals surface area contributed by atoms with Crippen molar-refractivity contribution in [3.05, 3.63) is 30.1 Å². The Bertz CT molecular complexity index is 867. The molecule has 0 radical (unpaired) electrons. The van der Waals surface area contributed by atoms with Crippen LogP contribution in [0.1, 0.15) is 24.2 Å². The first-order chi connectivity index (χ1) is 11.5. The molecule has 0 saturated heterocycles. The number of anilines is 1. The molecule has 3 rings (SSSR count). The van der Waals surface area contributed by atoms with E-state index in [9.17, 15) is 4.79 Å². The molecule has 1 atom stereocenters. The number of carbonyl (C=O) groups excluding carboxylic acids is 1. The average Bonchev–Trinajstić information content (AvgIpc) is 3.14. The molecule has 0 spiro atoms. The van der Waals surface area contributed by atoms with Crippen molar-refractivity contribution < 1.29 is 4.79 Å². The number of rotatable bonds is 5. The van der Waals surface area contributed by atoms with E-state index in [-0.39, 0.29) is 18.5 Å². The summed E-state index contributed by atoms with van der Waals surface area (Å²) in [6.07, 6.45) is 4.78. The maximum atomic E-state index is 12.4. The topological polar surface area (TPSA) is 105 Å². The van der Waals surface area contributed by atoms with E-state index in [1.54, 1.807) is 22.1 Å². The van der Waals surface area contributed by atoms with Crippen molar-refractivity contribution in [2.75, 3.05) is 18.5 Å². The molecule has 3 heterocycles. The SMILES string of the molecule is Cc1c([C@@H](C)NC(=O)CN(C)c2ncnc3nc[nH]c23)cnn1C. The van der Waals surface area contributed by atoms with Crippen molar-refractivity contribution in [2.24, 2.45) is 7.05 Å². The Labute approximate surface area is 139 Å². The molecule has 0 bridgehead atoms. The van der Waals surface area contributed by atoms with Crippen LogP contribution in [0.15, 0.2) is 18.9 Å². The van der Waals surface area contributed by atoms with Crippen LogP contribution in [-0.4, -0.2) is 49.2 Å². The van der Waals surface area contributed by atoms with Gasteiger partial charge in [0, 0.05) is 25.4 Å². The Balaban J connectivity index is 1.68. The molecule has 9 heteroatoms. The molecule has 2 N–H and O–H groups in total. The van der Waals surface area contributed by atoms with Crippen LogP contribution in [0.4, 0.5) is 5.82 Å². The summed E-state index contributed by atoms with van der Waals surface area (Å²) >= 11 is 0. The predicted molar refractivity (Wildman–Crippen MR) is 89.5 cm³/mol. The molecule has 9 nitrogen and oxygen atoms in total. The zero-order valence-corrected chi connectivity index (χ0v) is 14.1. The number of imidazole rings is 1. The fourth-order valence-electron chi connectivity index (χ4n) is 2.64. The molecule has 24 heavy (non-hydrogen) atoms. The summed E-state index contributed by atoms with van der Waals surface area (Å²) in [4.78, 5) is 29.5. The van der Waals surface area contributed by atoms with Crippen LogP contribution in [0.2, 0.25) is 0 Å². The number of amides is 1. The largest absolute Gasteiger partial charge is 0.348 e. The van der Waals surface area contributed by atoms with Gasteiger partial charge in [0.05, 0.1) is 25.1 Å². The van der Waals surface area contributed by atoms with E-state index in [0.29, 0.717) is 17.0 Å². The number of carbonyl (C=O) groups is 1. The third kappa shape index (κ3) is 2.92. The lowest BCUT2D eigenvalue weighted by molar-refractivity contribution is -0.120. The van der Waals surface area contributed by atoms with E-state index >= 15 is 0 Å². The molecule has 0 unspecified atom stereocenters. The molecule has 126 valence electrons. The number of nitrogens with one attached hydrogen (secondary N) is 2. The summed E-state index contributed by atoms with van der Waals surface area (Å²) in [7, 11) is 3.69. The van der Waals surface area contributed by atoms with Crippen LogP contribution in [0.25, 0.3) is 11.2 Å². The van der Waals surface area contributed by atoms with E-state index in [2.05, 4.69) is 30.4 Å². The van der Waals surface area contributed by atoms with Gasteiger partial charge in [0.2, 0.25) is 5.91 Å². The zero-order chi connectivity index (χ0) is 17.3. The number of hydrogen-bond donors (Lipinski definition) is 2. The van der Waals surface area contributed by atoms with Crippen LogP contribution in [0.3, 0.4) is 0 Å². The van der Waals surface area contributed by atoms with Crippen LogP contribution in [0.5, 0.6) is 0 Å². The second-order valence-corrected chi connectivity index (χ2v) is 5.75. The van der Waals surface area contributed by atoms with Gasteiger partial charge in [0.15, 0.2) is 11.5 Å². The van der Waals surface area contributed by atoms with E-state index < -0.39 is 0 Å². The summed E-state index contributed by atoms with van der Waals surface area (Å²) in [5, 5.41) is 7.20. The van der Waals surface area contributed by atoms with Gasteiger partial charge in [0.1, 0.15) is 11.8 Å². The van der Waals surface area contributed by atoms with Crippen molar-refractivity contribution in [3.63, 3.8) is 0 Å². The summed E-state index contributed by atoms with van der Waals surface area (Å²) in [6.45, 7) is 4.10. The fraction of sp³-hybridized carbons (Fsp3) is 0.400. The molecular formula is C15H20N8O. The Morgan fingerprint density at radius 2 is 2.21 bits per heavy atom. The van der Waals surface area contributed by atoms with Crippen molar-refractivity contribution >= 4 is 22.9 Å². The highest BCUT2D eigenvalue weighted by atomic mass is 16.2. The van der Waals surface area contributed by atoms with Gasteiger partial charge in [-0.3, -0.25) is 9.48 Å². The second kappa shape index (κ2) is 6.26. The number of hydrogen-bond acceptors (Lipinski definition) is 6. The quantitative estimate of drug-likeness (QED) is 0.715. The lowest BCUT2D eigenvalue weighted by Crippen LogP contribution is -2.37. The minimum absolute atomic E-state index is 0.0977. The molecular weight excluding hydrogens is 308 g/mol. The number of aromatic amines is 1. The van der Waals surface area contributed by atoms with Gasteiger partial charge in [-0.1, -0.05) is 0 Å². The molecule has 3 aromatic heterocycles. The van der Waals surface area contributed by atoms with Gasteiger partial charge < -0.3 is 15.2 Å². The third-order valence-electron chi connectivity index (χ3n) is 4.06. The maximum Gasteiger partial charge on any atom is 0.240 e. The number of H-pyrrole nitrogens is 1. The minimum atomic E-state index is -0.114. The molecule has 3 aromatic rings. The van der Waals surface area contributed by atoms with Crippen molar-refractivity contribution in [1.82, 2.24) is 35.0 Å². The van der Waals surface area contributed by atoms with E-state index in [1.165, 1.54) is 6.33 Å². The summed E-state index contributed by atoms with van der Waals surface area (Å²) in [5.74, 6) is 0.539. The first-order valence-electron chi connectivity index (χ1n) is 7.60. The molecule has 0 aliphatic heterocycles. The van der Waals surface area contributed by atoms with Crippen LogP contribution in [0, 0.1) is 6.92 Å². The van der Waals surface area contributed by atoms with Crippen molar-refractivity contribution in [3.8, 4) is 0 Å². The standard InChI is InChI=1S/C15H20N8O/c1-9(11-5-20-23(4)10(11)2)21-12(24)6-22(3)15-13-14(17-7-16-13)18-8-19-15/h5,7-9H,6H2,1-4H3,(H,21,24)(H,16,17,18,19)/t9-/m1/s1. The Kier molecular flexibility index (Phi) is 4.15. The maximum absolute atomic E-state index is 12.4. The molecule has 1 amide bonds. The molecule has 0 aliphatic carbocycles. The van der Waals surface area contributed by atoms with Crippen molar-refractivity contribution in [2.45, 2.75) is 19.9 Å². The Morgan fingerprint density at radius 1 is 1.42 bits per heavy atom. The highest BCUT2D eigenvalue weighted by Crippen LogP contribution is 2.19. The normalized spacial score (nSPS) is 12.3. The van der Waals surface area contributed by atoms with Gasteiger partial charge in [-0.05, 0) is 13.8 Å². The number of nitrogens with zero attached hydrogens (tertiary/aromatic N) is 6. The van der Waals surface area contributed by atoms with Crippen LogP contribution >= 0.6 is 0 Å². The van der Waals surface area contributed by atoms with E-state index in [4.69, 9.17) is 0 Å². The van der Waals surface area contributed by atoms with Crippen molar-refractivity contribution in [1.29, 1.82) is 0 Å². The van der Waals surface area contributed by atoms with Gasteiger partial charge in [-0.2, -0.15) is 5.10 Å². The van der Waals surface area contributed by atoms with E-state index in [0.717, 1.165) is 11.3 Å². The zero-order valence-electron chi connectivity index (χ0n) is 14.1. The monoisotopic (exact) mass is 328 g/mol. The van der Waals surface area contributed by atoms with Gasteiger partial charge in [-0.25, -0.2) is 15.0 Å². The first kappa shape index (κ1) is 15.9. The second-order valence-electron chi connectivity index (χ2n) is 5.75. The molecule has 0 fully saturated rings. The Morgan fingerprint density at radius 3 is 2.92 bits per heavy atom. The van der Waals surface area contributed by atoms with E-state index in [1.807, 2.05) is 27.9 Å². The predicted octanol–water partition coefficient (Wildman–Crippen LogP) is 0.708. The lowest BCUT2D eigenvalue weighted by Gasteiger charge is -2.20. The van der Waals surface area contributed by atoms with Gasteiger partial charge in [0.25, 0.3) is 0 Å². The highest BCUT2D eigenvalue weighted by molar-refractivity contribution is 5.87. The summed E-state index contributed by atoms with van der Waals surface area (Å²) in [5.41, 5.74) is 3.33. The van der Waals surface area contributed by atoms with Crippen LogP contribution < -0.4 is 10.2 Å². The number of likely N-dealkylation sites (N-methyl/N-ethyl adjacent to an activating group) is 1. The molecule has 0 aromatic carbocycles. The minimum Gasteiger partial charge on any atom is -0.348 e. The number of aryl methyl sites for hydroxylation is 1. The summed E-state index contributed by atoms with van der Waals surface area (Å²) in [6, 6.07) is -0.114. The fourth-order valence-corrected chi connectivity index (χ4v) is 2.64. The molecule has 0 saturated carbocycles.